The summed E-state index contributed by atoms with van der Waals surface area (Å²) in [4.78, 5) is 25.4. The summed E-state index contributed by atoms with van der Waals surface area (Å²) in [5, 5.41) is 5.22. The van der Waals surface area contributed by atoms with Crippen LogP contribution in [0.1, 0.15) is 31.7 Å². The maximum absolute atomic E-state index is 12.5. The maximum atomic E-state index is 12.5. The van der Waals surface area contributed by atoms with Gasteiger partial charge in [-0.1, -0.05) is 42.5 Å². The van der Waals surface area contributed by atoms with E-state index in [0.717, 1.165) is 25.8 Å². The number of nitrogens with zero attached hydrogens (tertiary/aromatic N) is 1. The van der Waals surface area contributed by atoms with Crippen molar-refractivity contribution >= 4 is 22.6 Å². The number of hydrogen-bond acceptors (Lipinski definition) is 2. The first-order valence-electron chi connectivity index (χ1n) is 8.65. The third-order valence-electron chi connectivity index (χ3n) is 4.75. The molecule has 0 saturated carbocycles. The van der Waals surface area contributed by atoms with Crippen molar-refractivity contribution in [2.75, 3.05) is 13.1 Å². The van der Waals surface area contributed by atoms with E-state index in [1.807, 2.05) is 4.90 Å². The van der Waals surface area contributed by atoms with Crippen LogP contribution < -0.4 is 5.32 Å². The minimum atomic E-state index is -0.0865. The molecule has 2 amide bonds. The number of carbonyl (C=O) groups is 2. The number of rotatable bonds is 5. The van der Waals surface area contributed by atoms with E-state index in [1.165, 1.54) is 23.3 Å². The topological polar surface area (TPSA) is 49.4 Å². The van der Waals surface area contributed by atoms with Crippen LogP contribution in [-0.4, -0.2) is 35.8 Å². The normalized spacial score (nSPS) is 17.2. The minimum Gasteiger partial charge on any atom is -0.356 e. The molecule has 0 spiro atoms. The number of nitrogens with one attached hydrogen (secondary N) is 1. The molecular formula is C20H24N2O2. The molecule has 1 aliphatic heterocycles. The van der Waals surface area contributed by atoms with Gasteiger partial charge in [-0.3, -0.25) is 9.59 Å². The third-order valence-corrected chi connectivity index (χ3v) is 4.75. The zero-order chi connectivity index (χ0) is 16.9. The fourth-order valence-corrected chi connectivity index (χ4v) is 3.59. The number of hydrogen-bond donors (Lipinski definition) is 1. The highest BCUT2D eigenvalue weighted by molar-refractivity contribution is 5.86. The van der Waals surface area contributed by atoms with Gasteiger partial charge in [0.15, 0.2) is 0 Å². The van der Waals surface area contributed by atoms with Crippen molar-refractivity contribution in [2.45, 2.75) is 38.6 Å². The highest BCUT2D eigenvalue weighted by Crippen LogP contribution is 2.26. The summed E-state index contributed by atoms with van der Waals surface area (Å²) < 4.78 is 0. The summed E-state index contributed by atoms with van der Waals surface area (Å²) in [6, 6.07) is 15.1. The van der Waals surface area contributed by atoms with E-state index in [1.54, 1.807) is 0 Å². The van der Waals surface area contributed by atoms with Gasteiger partial charge in [0, 0.05) is 32.5 Å². The van der Waals surface area contributed by atoms with Crippen LogP contribution in [0.4, 0.5) is 0 Å². The van der Waals surface area contributed by atoms with Gasteiger partial charge in [-0.05, 0) is 35.6 Å². The van der Waals surface area contributed by atoms with Crippen molar-refractivity contribution in [1.29, 1.82) is 0 Å². The van der Waals surface area contributed by atoms with Crippen molar-refractivity contribution in [1.82, 2.24) is 10.2 Å². The molecule has 1 heterocycles. The molecule has 1 N–H and O–H groups in total. The second-order valence-electron chi connectivity index (χ2n) is 6.46. The van der Waals surface area contributed by atoms with Gasteiger partial charge in [0.25, 0.3) is 0 Å². The second kappa shape index (κ2) is 7.47. The molecule has 1 saturated heterocycles. The monoisotopic (exact) mass is 324 g/mol. The first kappa shape index (κ1) is 16.5. The number of likely N-dealkylation sites (tertiary alicyclic amines) is 1. The molecule has 2 aromatic carbocycles. The summed E-state index contributed by atoms with van der Waals surface area (Å²) in [6.07, 6.45) is 3.38. The van der Waals surface area contributed by atoms with E-state index >= 15 is 0 Å². The van der Waals surface area contributed by atoms with Gasteiger partial charge >= 0.3 is 0 Å². The number of benzene rings is 2. The lowest BCUT2D eigenvalue weighted by atomic mass is 9.97. The second-order valence-corrected chi connectivity index (χ2v) is 6.46. The SMILES string of the molecule is CC(=O)NCCC(=O)N1CCCC1Cc1cccc2ccccc12. The Morgan fingerprint density at radius 3 is 2.79 bits per heavy atom. The van der Waals surface area contributed by atoms with Crippen LogP contribution in [0.15, 0.2) is 42.5 Å². The molecule has 0 aromatic heterocycles. The number of amides is 2. The average molecular weight is 324 g/mol. The van der Waals surface area contributed by atoms with Gasteiger partial charge < -0.3 is 10.2 Å². The predicted octanol–water partition coefficient (Wildman–Crippen LogP) is 2.90. The molecule has 0 bridgehead atoms. The van der Waals surface area contributed by atoms with Crippen molar-refractivity contribution < 1.29 is 9.59 Å². The van der Waals surface area contributed by atoms with Gasteiger partial charge in [-0.15, -0.1) is 0 Å². The van der Waals surface area contributed by atoms with Crippen LogP contribution in [0.3, 0.4) is 0 Å². The summed E-state index contributed by atoms with van der Waals surface area (Å²) in [5.74, 6) is 0.0583. The zero-order valence-electron chi connectivity index (χ0n) is 14.1. The predicted molar refractivity (Wildman–Crippen MR) is 95.7 cm³/mol. The van der Waals surface area contributed by atoms with Gasteiger partial charge in [-0.2, -0.15) is 0 Å². The fourth-order valence-electron chi connectivity index (χ4n) is 3.59. The molecule has 4 nitrogen and oxygen atoms in total. The fraction of sp³-hybridized carbons (Fsp3) is 0.400. The van der Waals surface area contributed by atoms with E-state index < -0.39 is 0 Å². The van der Waals surface area contributed by atoms with Crippen LogP contribution in [0.5, 0.6) is 0 Å². The Morgan fingerprint density at radius 2 is 1.96 bits per heavy atom. The quantitative estimate of drug-likeness (QED) is 0.919. The summed E-state index contributed by atoms with van der Waals surface area (Å²) >= 11 is 0. The molecule has 3 rings (SSSR count). The van der Waals surface area contributed by atoms with Crippen LogP contribution >= 0.6 is 0 Å². The summed E-state index contributed by atoms with van der Waals surface area (Å²) in [6.45, 7) is 2.73. The van der Waals surface area contributed by atoms with Crippen molar-refractivity contribution in [3.63, 3.8) is 0 Å². The van der Waals surface area contributed by atoms with Gasteiger partial charge in [-0.25, -0.2) is 0 Å². The molecule has 1 atom stereocenters. The first-order valence-corrected chi connectivity index (χ1v) is 8.65. The van der Waals surface area contributed by atoms with E-state index in [0.29, 0.717) is 13.0 Å². The Labute approximate surface area is 142 Å². The van der Waals surface area contributed by atoms with Crippen molar-refractivity contribution in [2.24, 2.45) is 0 Å². The zero-order valence-corrected chi connectivity index (χ0v) is 14.1. The molecule has 24 heavy (non-hydrogen) atoms. The van der Waals surface area contributed by atoms with E-state index in [2.05, 4.69) is 47.8 Å². The molecule has 4 heteroatoms. The summed E-state index contributed by atoms with van der Waals surface area (Å²) in [5.41, 5.74) is 1.31. The Balaban J connectivity index is 1.69. The molecular weight excluding hydrogens is 300 g/mol. The van der Waals surface area contributed by atoms with Crippen molar-refractivity contribution in [3.05, 3.63) is 48.0 Å². The molecule has 1 aliphatic rings. The van der Waals surface area contributed by atoms with E-state index in [9.17, 15) is 9.59 Å². The first-order chi connectivity index (χ1) is 11.6. The van der Waals surface area contributed by atoms with E-state index in [-0.39, 0.29) is 17.9 Å². The number of carbonyl (C=O) groups excluding carboxylic acids is 2. The summed E-state index contributed by atoms with van der Waals surface area (Å²) in [7, 11) is 0. The lowest BCUT2D eigenvalue weighted by molar-refractivity contribution is -0.131. The van der Waals surface area contributed by atoms with Gasteiger partial charge in [0.1, 0.15) is 0 Å². The average Bonchev–Trinajstić information content (AvgIpc) is 3.03. The molecule has 1 unspecified atom stereocenters. The Kier molecular flexibility index (Phi) is 5.14. The highest BCUT2D eigenvalue weighted by Gasteiger charge is 2.28. The van der Waals surface area contributed by atoms with Gasteiger partial charge in [0.2, 0.25) is 11.8 Å². The molecule has 0 radical (unpaired) electrons. The van der Waals surface area contributed by atoms with Crippen LogP contribution in [0.2, 0.25) is 0 Å². The minimum absolute atomic E-state index is 0.0865. The van der Waals surface area contributed by atoms with Crippen LogP contribution in [-0.2, 0) is 16.0 Å². The molecule has 126 valence electrons. The largest absolute Gasteiger partial charge is 0.356 e. The lowest BCUT2D eigenvalue weighted by Gasteiger charge is -2.25. The smallest absolute Gasteiger partial charge is 0.224 e. The lowest BCUT2D eigenvalue weighted by Crippen LogP contribution is -2.38. The van der Waals surface area contributed by atoms with Crippen molar-refractivity contribution in [3.8, 4) is 0 Å². The van der Waals surface area contributed by atoms with Crippen LogP contribution in [0, 0.1) is 0 Å². The van der Waals surface area contributed by atoms with Crippen LogP contribution in [0.25, 0.3) is 10.8 Å². The molecule has 1 fully saturated rings. The maximum Gasteiger partial charge on any atom is 0.224 e. The molecule has 0 aliphatic carbocycles. The van der Waals surface area contributed by atoms with E-state index in [4.69, 9.17) is 0 Å². The number of fused-ring (bicyclic) bond motifs is 1. The Bertz CT molecular complexity index is 736. The molecule has 2 aromatic rings. The van der Waals surface area contributed by atoms with Gasteiger partial charge in [0.05, 0.1) is 0 Å². The third kappa shape index (κ3) is 3.75. The standard InChI is InChI=1S/C20H24N2O2/c1-15(23)21-12-11-20(24)22-13-5-9-18(22)14-17-8-4-7-16-6-2-3-10-19(16)17/h2-4,6-8,10,18H,5,9,11-14H2,1H3,(H,21,23). The Morgan fingerprint density at radius 1 is 1.17 bits per heavy atom. The highest BCUT2D eigenvalue weighted by atomic mass is 16.2. The Hall–Kier alpha value is -2.36.